The van der Waals surface area contributed by atoms with Gasteiger partial charge in [-0.15, -0.1) is 0 Å². The van der Waals surface area contributed by atoms with Gasteiger partial charge in [0, 0.05) is 37.9 Å². The molecule has 0 radical (unpaired) electrons. The van der Waals surface area contributed by atoms with Crippen molar-refractivity contribution in [2.45, 2.75) is 18.8 Å². The number of aromatic nitrogens is 4. The minimum atomic E-state index is -0.0493. The second-order valence-electron chi connectivity index (χ2n) is 5.17. The Labute approximate surface area is 116 Å². The minimum absolute atomic E-state index is 0.0493. The molecule has 3 rings (SSSR count). The van der Waals surface area contributed by atoms with E-state index in [2.05, 4.69) is 15.3 Å². The highest BCUT2D eigenvalue weighted by Crippen LogP contribution is 2.26. The number of likely N-dealkylation sites (tertiary alicyclic amines) is 1. The molecule has 106 valence electrons. The number of anilines is 1. The minimum Gasteiger partial charge on any atom is -0.396 e. The summed E-state index contributed by atoms with van der Waals surface area (Å²) in [6.45, 7) is 1.44. The van der Waals surface area contributed by atoms with E-state index in [4.69, 9.17) is 5.73 Å². The molecular formula is C13H18N6O. The predicted octanol–water partition coefficient (Wildman–Crippen LogP) is 0.745. The number of nitrogen functional groups attached to an aromatic ring is 1. The average Bonchev–Trinajstić information content (AvgIpc) is 3.09. The largest absolute Gasteiger partial charge is 0.396 e. The Morgan fingerprint density at radius 2 is 2.40 bits per heavy atom. The summed E-state index contributed by atoms with van der Waals surface area (Å²) in [4.78, 5) is 14.4. The van der Waals surface area contributed by atoms with Crippen LogP contribution in [0.4, 0.5) is 5.69 Å². The molecule has 1 amide bonds. The van der Waals surface area contributed by atoms with Crippen LogP contribution in [-0.4, -0.2) is 43.9 Å². The van der Waals surface area contributed by atoms with Gasteiger partial charge in [0.05, 0.1) is 11.9 Å². The van der Waals surface area contributed by atoms with Crippen LogP contribution >= 0.6 is 0 Å². The first-order valence-electron chi connectivity index (χ1n) is 6.73. The number of hydrogen-bond donors (Lipinski definition) is 2. The number of aryl methyl sites for hydroxylation is 1. The van der Waals surface area contributed by atoms with Crippen molar-refractivity contribution in [3.05, 3.63) is 29.8 Å². The lowest BCUT2D eigenvalue weighted by atomic mass is 9.94. The maximum absolute atomic E-state index is 12.6. The molecule has 2 aromatic heterocycles. The highest BCUT2D eigenvalue weighted by Gasteiger charge is 2.28. The highest BCUT2D eigenvalue weighted by molar-refractivity contribution is 5.97. The summed E-state index contributed by atoms with van der Waals surface area (Å²) in [5.41, 5.74) is 7.81. The molecule has 1 aliphatic heterocycles. The fourth-order valence-electron chi connectivity index (χ4n) is 2.78. The van der Waals surface area contributed by atoms with Crippen LogP contribution in [0.25, 0.3) is 0 Å². The number of amides is 1. The van der Waals surface area contributed by atoms with Gasteiger partial charge in [0.1, 0.15) is 5.69 Å². The standard InChI is InChI=1S/C13H18N6O/c1-18-12(10(14)7-16-18)13(20)19-6-2-3-9(8-19)11-4-5-15-17-11/h4-5,7,9H,2-3,6,8,14H2,1H3,(H,15,17). The van der Waals surface area contributed by atoms with E-state index >= 15 is 0 Å². The zero-order valence-electron chi connectivity index (χ0n) is 11.4. The number of H-pyrrole nitrogens is 1. The van der Waals surface area contributed by atoms with Gasteiger partial charge in [0.25, 0.3) is 5.91 Å². The Morgan fingerprint density at radius 3 is 3.05 bits per heavy atom. The number of rotatable bonds is 2. The Hall–Kier alpha value is -2.31. The van der Waals surface area contributed by atoms with Crippen molar-refractivity contribution >= 4 is 11.6 Å². The van der Waals surface area contributed by atoms with Crippen molar-refractivity contribution in [2.24, 2.45) is 7.05 Å². The Bertz CT molecular complexity index is 583. The summed E-state index contributed by atoms with van der Waals surface area (Å²) < 4.78 is 1.54. The molecule has 0 bridgehead atoms. The molecule has 0 spiro atoms. The molecule has 7 heteroatoms. The SMILES string of the molecule is Cn1ncc(N)c1C(=O)N1CCCC(c2ccn[nH]2)C1. The third-order valence-corrected chi connectivity index (χ3v) is 3.84. The summed E-state index contributed by atoms with van der Waals surface area (Å²) >= 11 is 0. The molecule has 0 aromatic carbocycles. The van der Waals surface area contributed by atoms with E-state index in [1.807, 2.05) is 11.0 Å². The molecule has 3 N–H and O–H groups in total. The molecule has 1 fully saturated rings. The number of aromatic amines is 1. The van der Waals surface area contributed by atoms with Gasteiger partial charge in [0.15, 0.2) is 0 Å². The fourth-order valence-corrected chi connectivity index (χ4v) is 2.78. The van der Waals surface area contributed by atoms with Crippen LogP contribution in [0, 0.1) is 0 Å². The van der Waals surface area contributed by atoms with E-state index in [-0.39, 0.29) is 5.91 Å². The van der Waals surface area contributed by atoms with E-state index in [0.717, 1.165) is 25.1 Å². The van der Waals surface area contributed by atoms with Gasteiger partial charge in [0.2, 0.25) is 0 Å². The lowest BCUT2D eigenvalue weighted by Crippen LogP contribution is -2.40. The van der Waals surface area contributed by atoms with E-state index in [1.165, 1.54) is 10.9 Å². The number of hydrogen-bond acceptors (Lipinski definition) is 4. The van der Waals surface area contributed by atoms with Crippen molar-refractivity contribution in [2.75, 3.05) is 18.8 Å². The molecule has 1 unspecified atom stereocenters. The van der Waals surface area contributed by atoms with Gasteiger partial charge < -0.3 is 10.6 Å². The van der Waals surface area contributed by atoms with Crippen LogP contribution in [0.1, 0.15) is 34.9 Å². The van der Waals surface area contributed by atoms with E-state index in [1.54, 1.807) is 13.2 Å². The second-order valence-corrected chi connectivity index (χ2v) is 5.17. The van der Waals surface area contributed by atoms with Crippen LogP contribution in [0.2, 0.25) is 0 Å². The van der Waals surface area contributed by atoms with Gasteiger partial charge in [-0.3, -0.25) is 14.6 Å². The first kappa shape index (κ1) is 12.7. The topological polar surface area (TPSA) is 92.8 Å². The first-order chi connectivity index (χ1) is 9.66. The molecule has 3 heterocycles. The summed E-state index contributed by atoms with van der Waals surface area (Å²) in [5, 5.41) is 11.0. The van der Waals surface area contributed by atoms with Gasteiger partial charge in [-0.05, 0) is 18.9 Å². The summed E-state index contributed by atoms with van der Waals surface area (Å²) in [5.74, 6) is 0.261. The lowest BCUT2D eigenvalue weighted by Gasteiger charge is -2.32. The van der Waals surface area contributed by atoms with Crippen molar-refractivity contribution in [3.63, 3.8) is 0 Å². The van der Waals surface area contributed by atoms with Gasteiger partial charge in [-0.25, -0.2) is 0 Å². The molecule has 1 atom stereocenters. The zero-order valence-corrected chi connectivity index (χ0v) is 11.4. The van der Waals surface area contributed by atoms with Crippen LogP contribution < -0.4 is 5.73 Å². The fraction of sp³-hybridized carbons (Fsp3) is 0.462. The predicted molar refractivity (Wildman–Crippen MR) is 74.1 cm³/mol. The Balaban J connectivity index is 1.79. The van der Waals surface area contributed by atoms with Gasteiger partial charge in [-0.1, -0.05) is 0 Å². The van der Waals surface area contributed by atoms with E-state index < -0.39 is 0 Å². The Morgan fingerprint density at radius 1 is 1.55 bits per heavy atom. The van der Waals surface area contributed by atoms with Crippen LogP contribution in [0.5, 0.6) is 0 Å². The molecule has 0 aliphatic carbocycles. The number of piperidine rings is 1. The monoisotopic (exact) mass is 274 g/mol. The second kappa shape index (κ2) is 4.99. The molecule has 20 heavy (non-hydrogen) atoms. The highest BCUT2D eigenvalue weighted by atomic mass is 16.2. The maximum Gasteiger partial charge on any atom is 0.274 e. The van der Waals surface area contributed by atoms with Crippen molar-refractivity contribution < 1.29 is 4.79 Å². The first-order valence-corrected chi connectivity index (χ1v) is 6.73. The molecule has 0 saturated carbocycles. The normalized spacial score (nSPS) is 19.2. The number of carbonyl (C=O) groups is 1. The van der Waals surface area contributed by atoms with E-state index in [9.17, 15) is 4.79 Å². The van der Waals surface area contributed by atoms with Gasteiger partial charge >= 0.3 is 0 Å². The number of carbonyl (C=O) groups excluding carboxylic acids is 1. The average molecular weight is 274 g/mol. The molecular weight excluding hydrogens is 256 g/mol. The van der Waals surface area contributed by atoms with E-state index in [0.29, 0.717) is 23.8 Å². The summed E-state index contributed by atoms with van der Waals surface area (Å²) in [6.07, 6.45) is 5.30. The lowest BCUT2D eigenvalue weighted by molar-refractivity contribution is 0.0696. The third kappa shape index (κ3) is 2.15. The van der Waals surface area contributed by atoms with Crippen LogP contribution in [-0.2, 0) is 7.05 Å². The van der Waals surface area contributed by atoms with Crippen LogP contribution in [0.3, 0.4) is 0 Å². The van der Waals surface area contributed by atoms with Gasteiger partial charge in [-0.2, -0.15) is 10.2 Å². The molecule has 7 nitrogen and oxygen atoms in total. The molecule has 2 aromatic rings. The Kier molecular flexibility index (Phi) is 3.17. The van der Waals surface area contributed by atoms with Crippen molar-refractivity contribution in [3.8, 4) is 0 Å². The zero-order chi connectivity index (χ0) is 14.1. The number of nitrogens with one attached hydrogen (secondary N) is 1. The quantitative estimate of drug-likeness (QED) is 0.845. The molecule has 1 aliphatic rings. The summed E-state index contributed by atoms with van der Waals surface area (Å²) in [6, 6.07) is 1.97. The maximum atomic E-state index is 12.6. The third-order valence-electron chi connectivity index (χ3n) is 3.84. The molecule has 1 saturated heterocycles. The smallest absolute Gasteiger partial charge is 0.274 e. The summed E-state index contributed by atoms with van der Waals surface area (Å²) in [7, 11) is 1.74. The number of nitrogens with zero attached hydrogens (tertiary/aromatic N) is 4. The number of nitrogens with two attached hydrogens (primary N) is 1. The van der Waals surface area contributed by atoms with Crippen molar-refractivity contribution in [1.82, 2.24) is 24.9 Å². The van der Waals surface area contributed by atoms with Crippen LogP contribution in [0.15, 0.2) is 18.5 Å². The van der Waals surface area contributed by atoms with Crippen molar-refractivity contribution in [1.29, 1.82) is 0 Å².